The fraction of sp³-hybridized carbons (Fsp3) is 0.0476. The number of para-hydroxylation sites is 1. The lowest BCUT2D eigenvalue weighted by molar-refractivity contribution is -0.384. The third-order valence-corrected chi connectivity index (χ3v) is 4.43. The van der Waals surface area contributed by atoms with Crippen molar-refractivity contribution in [3.8, 4) is 0 Å². The van der Waals surface area contributed by atoms with E-state index in [1.54, 1.807) is 24.4 Å². The maximum absolute atomic E-state index is 11.0. The molecule has 0 saturated heterocycles. The number of benzene rings is 2. The Balaban J connectivity index is 1.64. The molecule has 4 aromatic rings. The fourth-order valence-corrected chi connectivity index (χ4v) is 3.06. The molecule has 29 heavy (non-hydrogen) atoms. The normalized spacial score (nSPS) is 11.3. The van der Waals surface area contributed by atoms with Gasteiger partial charge in [0.1, 0.15) is 5.76 Å². The highest BCUT2D eigenvalue weighted by molar-refractivity contribution is 6.00. The molecule has 0 aliphatic heterocycles. The third kappa shape index (κ3) is 3.77. The van der Waals surface area contributed by atoms with Crippen molar-refractivity contribution in [1.29, 1.82) is 0 Å². The van der Waals surface area contributed by atoms with Gasteiger partial charge in [0.05, 0.1) is 17.2 Å². The first-order valence-electron chi connectivity index (χ1n) is 8.69. The van der Waals surface area contributed by atoms with Crippen LogP contribution in [-0.4, -0.2) is 26.8 Å². The Hall–Kier alpha value is -4.20. The van der Waals surface area contributed by atoms with Gasteiger partial charge in [-0.1, -0.05) is 18.2 Å². The van der Waals surface area contributed by atoms with Gasteiger partial charge in [0.25, 0.3) is 5.69 Å². The van der Waals surface area contributed by atoms with E-state index in [9.17, 15) is 14.9 Å². The summed E-state index contributed by atoms with van der Waals surface area (Å²) in [5, 5.41) is 20.7. The number of aromatic nitrogens is 1. The average molecular weight is 389 g/mol. The number of aromatic carboxylic acids is 1. The monoisotopic (exact) mass is 389 g/mol. The molecule has 0 atom stereocenters. The highest BCUT2D eigenvalue weighted by Gasteiger charge is 2.12. The van der Waals surface area contributed by atoms with Crippen molar-refractivity contribution in [1.82, 2.24) is 4.57 Å². The van der Waals surface area contributed by atoms with E-state index in [0.717, 1.165) is 16.5 Å². The van der Waals surface area contributed by atoms with Crippen LogP contribution in [0.2, 0.25) is 0 Å². The quantitative estimate of drug-likeness (QED) is 0.293. The van der Waals surface area contributed by atoms with Crippen LogP contribution in [0, 0.1) is 10.1 Å². The van der Waals surface area contributed by atoms with Gasteiger partial charge in [0, 0.05) is 41.0 Å². The van der Waals surface area contributed by atoms with Gasteiger partial charge in [-0.05, 0) is 30.3 Å². The van der Waals surface area contributed by atoms with Gasteiger partial charge >= 0.3 is 5.97 Å². The van der Waals surface area contributed by atoms with Gasteiger partial charge in [0.15, 0.2) is 0 Å². The molecule has 2 aromatic heterocycles. The summed E-state index contributed by atoms with van der Waals surface area (Å²) in [5.74, 6) is -0.678. The second-order valence-electron chi connectivity index (χ2n) is 6.33. The molecular weight excluding hydrogens is 374 g/mol. The van der Waals surface area contributed by atoms with E-state index in [2.05, 4.69) is 4.99 Å². The molecule has 0 spiro atoms. The number of fused-ring (bicyclic) bond motifs is 1. The molecule has 2 aromatic carbocycles. The molecule has 0 amide bonds. The summed E-state index contributed by atoms with van der Waals surface area (Å²) < 4.78 is 7.31. The van der Waals surface area contributed by atoms with Crippen LogP contribution in [0.1, 0.15) is 21.9 Å². The number of hydrogen-bond donors (Lipinski definition) is 1. The van der Waals surface area contributed by atoms with Crippen LogP contribution in [0.25, 0.3) is 10.9 Å². The van der Waals surface area contributed by atoms with Crippen molar-refractivity contribution in [2.24, 2.45) is 4.99 Å². The number of nitrogens with zero attached hydrogens (tertiary/aromatic N) is 3. The van der Waals surface area contributed by atoms with Crippen molar-refractivity contribution in [3.05, 3.63) is 94.1 Å². The molecule has 8 heteroatoms. The summed E-state index contributed by atoms with van der Waals surface area (Å²) in [6, 6.07) is 16.8. The van der Waals surface area contributed by atoms with Crippen LogP contribution in [-0.2, 0) is 6.54 Å². The van der Waals surface area contributed by atoms with E-state index < -0.39 is 10.9 Å². The van der Waals surface area contributed by atoms with Crippen molar-refractivity contribution < 1.29 is 19.2 Å². The molecule has 1 N–H and O–H groups in total. The smallest absolute Gasteiger partial charge is 0.371 e. The molecule has 0 bridgehead atoms. The zero-order valence-corrected chi connectivity index (χ0v) is 15.1. The molecule has 0 aliphatic carbocycles. The lowest BCUT2D eigenvalue weighted by Gasteiger charge is -2.02. The lowest BCUT2D eigenvalue weighted by Crippen LogP contribution is -1.97. The summed E-state index contributed by atoms with van der Waals surface area (Å²) in [5.41, 5.74) is 2.43. The summed E-state index contributed by atoms with van der Waals surface area (Å²) in [6.45, 7) is 0.374. The van der Waals surface area contributed by atoms with E-state index in [1.165, 1.54) is 18.2 Å². The average Bonchev–Trinajstić information content (AvgIpc) is 3.32. The van der Waals surface area contributed by atoms with Crippen molar-refractivity contribution in [3.63, 3.8) is 0 Å². The van der Waals surface area contributed by atoms with Crippen molar-refractivity contribution in [2.45, 2.75) is 6.54 Å². The van der Waals surface area contributed by atoms with Crippen LogP contribution < -0.4 is 0 Å². The minimum Gasteiger partial charge on any atom is -0.475 e. The Morgan fingerprint density at radius 2 is 1.90 bits per heavy atom. The summed E-state index contributed by atoms with van der Waals surface area (Å²) in [7, 11) is 0. The first-order valence-corrected chi connectivity index (χ1v) is 8.69. The minimum absolute atomic E-state index is 0.0136. The second kappa shape index (κ2) is 7.43. The van der Waals surface area contributed by atoms with Crippen LogP contribution in [0.3, 0.4) is 0 Å². The van der Waals surface area contributed by atoms with Gasteiger partial charge in [-0.2, -0.15) is 0 Å². The van der Waals surface area contributed by atoms with Gasteiger partial charge < -0.3 is 14.1 Å². The maximum Gasteiger partial charge on any atom is 0.371 e. The molecule has 144 valence electrons. The predicted molar refractivity (Wildman–Crippen MR) is 107 cm³/mol. The molecule has 2 heterocycles. The zero-order valence-electron chi connectivity index (χ0n) is 15.1. The summed E-state index contributed by atoms with van der Waals surface area (Å²) in [4.78, 5) is 25.7. The predicted octanol–water partition coefficient (Wildman–Crippen LogP) is 4.64. The number of furan rings is 1. The number of non-ortho nitro benzene ring substituents is 1. The standard InChI is InChI=1S/C21H15N3O5/c25-21(26)20-10-9-17(29-20)13-23-12-14(18-3-1-2-4-19(18)23)11-22-15-5-7-16(8-6-15)24(27)28/h1-12H,13H2,(H,25,26). The molecular formula is C21H15N3O5. The Labute approximate surface area is 164 Å². The number of carbonyl (C=O) groups is 1. The largest absolute Gasteiger partial charge is 0.475 e. The number of carboxylic acid groups (broad SMARTS) is 1. The molecule has 8 nitrogen and oxygen atoms in total. The van der Waals surface area contributed by atoms with E-state index in [4.69, 9.17) is 9.52 Å². The topological polar surface area (TPSA) is 111 Å². The van der Waals surface area contributed by atoms with Gasteiger partial charge in [-0.15, -0.1) is 0 Å². The zero-order chi connectivity index (χ0) is 20.4. The van der Waals surface area contributed by atoms with Crippen LogP contribution >= 0.6 is 0 Å². The molecule has 0 fully saturated rings. The van der Waals surface area contributed by atoms with Gasteiger partial charge in [0.2, 0.25) is 5.76 Å². The SMILES string of the molecule is O=C(O)c1ccc(Cn2cc(C=Nc3ccc([N+](=O)[O-])cc3)c3ccccc32)o1. The fourth-order valence-electron chi connectivity index (χ4n) is 3.06. The Morgan fingerprint density at radius 3 is 2.59 bits per heavy atom. The molecule has 0 radical (unpaired) electrons. The van der Waals surface area contributed by atoms with Crippen molar-refractivity contribution >= 4 is 34.5 Å². The minimum atomic E-state index is -1.11. The Kier molecular flexibility index (Phi) is 4.66. The molecule has 0 unspecified atom stereocenters. The molecule has 0 aliphatic rings. The number of rotatable bonds is 6. The van der Waals surface area contributed by atoms with Crippen LogP contribution in [0.15, 0.2) is 76.3 Å². The summed E-state index contributed by atoms with van der Waals surface area (Å²) in [6.07, 6.45) is 3.60. The number of aliphatic imine (C=N–C) groups is 1. The van der Waals surface area contributed by atoms with Crippen LogP contribution in [0.4, 0.5) is 11.4 Å². The van der Waals surface area contributed by atoms with Gasteiger partial charge in [-0.3, -0.25) is 15.1 Å². The molecule has 0 saturated carbocycles. The lowest BCUT2D eigenvalue weighted by atomic mass is 10.2. The summed E-state index contributed by atoms with van der Waals surface area (Å²) >= 11 is 0. The first kappa shape index (κ1) is 18.2. The number of nitro groups is 1. The van der Waals surface area contributed by atoms with E-state index in [-0.39, 0.29) is 11.4 Å². The van der Waals surface area contributed by atoms with Gasteiger partial charge in [-0.25, -0.2) is 4.79 Å². The van der Waals surface area contributed by atoms with E-state index >= 15 is 0 Å². The maximum atomic E-state index is 11.0. The highest BCUT2D eigenvalue weighted by Crippen LogP contribution is 2.23. The van der Waals surface area contributed by atoms with Crippen molar-refractivity contribution in [2.75, 3.05) is 0 Å². The Morgan fingerprint density at radius 1 is 1.14 bits per heavy atom. The number of nitro benzene ring substituents is 1. The van der Waals surface area contributed by atoms with Crippen LogP contribution in [0.5, 0.6) is 0 Å². The highest BCUT2D eigenvalue weighted by atomic mass is 16.6. The van der Waals surface area contributed by atoms with E-state index in [1.807, 2.05) is 35.0 Å². The first-order chi connectivity index (χ1) is 14.0. The Bertz CT molecular complexity index is 1230. The number of carboxylic acids is 1. The molecule has 4 rings (SSSR count). The number of hydrogen-bond acceptors (Lipinski definition) is 5. The second-order valence-corrected chi connectivity index (χ2v) is 6.33. The third-order valence-electron chi connectivity index (χ3n) is 4.43. The van der Waals surface area contributed by atoms with E-state index in [0.29, 0.717) is 18.0 Å².